The number of carboxylic acid groups (broad SMARTS) is 1. The van der Waals surface area contributed by atoms with Crippen LogP contribution in [0.3, 0.4) is 0 Å². The molecule has 1 fully saturated rings. The minimum atomic E-state index is -1.57. The third kappa shape index (κ3) is 3.27. The minimum Gasteiger partial charge on any atom is -0.479 e. The molecule has 1 heterocycles. The zero-order valence-electron chi connectivity index (χ0n) is 10.9. The van der Waals surface area contributed by atoms with Gasteiger partial charge in [0.25, 0.3) is 0 Å². The molecule has 1 aliphatic heterocycles. The van der Waals surface area contributed by atoms with Crippen molar-refractivity contribution in [3.63, 3.8) is 0 Å². The van der Waals surface area contributed by atoms with E-state index >= 15 is 0 Å². The molecule has 0 bridgehead atoms. The average molecular weight is 279 g/mol. The molecule has 6 heteroatoms. The minimum absolute atomic E-state index is 0.131. The summed E-state index contributed by atoms with van der Waals surface area (Å²) in [4.78, 5) is 24.1. The summed E-state index contributed by atoms with van der Waals surface area (Å²) < 4.78 is 5.16. The number of aliphatic hydroxyl groups excluding tert-OH is 1. The summed E-state index contributed by atoms with van der Waals surface area (Å²) >= 11 is 0. The van der Waals surface area contributed by atoms with Crippen molar-refractivity contribution in [2.45, 2.75) is 31.6 Å². The summed E-state index contributed by atoms with van der Waals surface area (Å²) in [6, 6.07) is 8.51. The Morgan fingerprint density at radius 2 is 2.05 bits per heavy atom. The maximum Gasteiger partial charge on any atom is 0.410 e. The zero-order chi connectivity index (χ0) is 14.5. The van der Waals surface area contributed by atoms with Crippen LogP contribution in [0.4, 0.5) is 4.79 Å². The molecule has 2 atom stereocenters. The van der Waals surface area contributed by atoms with Crippen LogP contribution in [0.25, 0.3) is 0 Å². The third-order valence-corrected chi connectivity index (χ3v) is 3.36. The zero-order valence-corrected chi connectivity index (χ0v) is 10.9. The number of hydrogen-bond acceptors (Lipinski definition) is 4. The van der Waals surface area contributed by atoms with Crippen molar-refractivity contribution in [2.24, 2.45) is 0 Å². The average Bonchev–Trinajstić information content (AvgIpc) is 2.94. The van der Waals surface area contributed by atoms with Crippen molar-refractivity contribution < 1.29 is 24.5 Å². The van der Waals surface area contributed by atoms with Crippen molar-refractivity contribution in [1.29, 1.82) is 0 Å². The summed E-state index contributed by atoms with van der Waals surface area (Å²) in [5.41, 5.74) is 0.857. The number of rotatable bonds is 4. The molecule has 2 N–H and O–H groups in total. The Labute approximate surface area is 116 Å². The molecule has 1 unspecified atom stereocenters. The number of carboxylic acids is 1. The van der Waals surface area contributed by atoms with Gasteiger partial charge < -0.3 is 19.8 Å². The van der Waals surface area contributed by atoms with Gasteiger partial charge >= 0.3 is 12.1 Å². The van der Waals surface area contributed by atoms with Crippen LogP contribution >= 0.6 is 0 Å². The van der Waals surface area contributed by atoms with Crippen LogP contribution in [0, 0.1) is 0 Å². The molecule has 6 nitrogen and oxygen atoms in total. The number of carbonyl (C=O) groups is 2. The number of benzene rings is 1. The molecule has 108 valence electrons. The molecule has 1 aromatic carbocycles. The lowest BCUT2D eigenvalue weighted by molar-refractivity contribution is -0.149. The van der Waals surface area contributed by atoms with E-state index in [-0.39, 0.29) is 6.61 Å². The predicted octanol–water partition coefficient (Wildman–Crippen LogP) is 1.23. The number of aliphatic hydroxyl groups is 1. The van der Waals surface area contributed by atoms with Gasteiger partial charge in [-0.05, 0) is 18.4 Å². The second-order valence-electron chi connectivity index (χ2n) is 4.73. The highest BCUT2D eigenvalue weighted by molar-refractivity contribution is 5.75. The Morgan fingerprint density at radius 1 is 1.35 bits per heavy atom. The highest BCUT2D eigenvalue weighted by Crippen LogP contribution is 2.21. The molecule has 0 aliphatic carbocycles. The standard InChI is InChI=1S/C14H17NO5/c16-12(13(17)18)11-7-4-8-15(11)14(19)20-9-10-5-2-1-3-6-10/h1-3,5-6,11-12,16H,4,7-9H2,(H,17,18)/t11-,12?/m0/s1. The van der Waals surface area contributed by atoms with Gasteiger partial charge in [0.15, 0.2) is 6.10 Å². The van der Waals surface area contributed by atoms with E-state index in [0.717, 1.165) is 5.56 Å². The van der Waals surface area contributed by atoms with E-state index in [2.05, 4.69) is 0 Å². The highest BCUT2D eigenvalue weighted by Gasteiger charge is 2.38. The summed E-state index contributed by atoms with van der Waals surface area (Å²) in [7, 11) is 0. The molecule has 1 saturated heterocycles. The van der Waals surface area contributed by atoms with Crippen LogP contribution in [0.5, 0.6) is 0 Å². The van der Waals surface area contributed by atoms with Gasteiger partial charge in [0, 0.05) is 6.54 Å². The van der Waals surface area contributed by atoms with E-state index in [1.165, 1.54) is 4.90 Å². The lowest BCUT2D eigenvalue weighted by Crippen LogP contribution is -2.46. The fourth-order valence-corrected chi connectivity index (χ4v) is 2.31. The highest BCUT2D eigenvalue weighted by atomic mass is 16.6. The van der Waals surface area contributed by atoms with Gasteiger partial charge in [0.2, 0.25) is 0 Å². The van der Waals surface area contributed by atoms with Crippen molar-refractivity contribution in [1.82, 2.24) is 4.90 Å². The van der Waals surface area contributed by atoms with E-state index in [9.17, 15) is 14.7 Å². The largest absolute Gasteiger partial charge is 0.479 e. The molecule has 20 heavy (non-hydrogen) atoms. The monoisotopic (exact) mass is 279 g/mol. The maximum atomic E-state index is 12.0. The van der Waals surface area contributed by atoms with Crippen LogP contribution < -0.4 is 0 Å². The number of nitrogens with zero attached hydrogens (tertiary/aromatic N) is 1. The van der Waals surface area contributed by atoms with Crippen molar-refractivity contribution in [3.8, 4) is 0 Å². The van der Waals surface area contributed by atoms with Crippen LogP contribution in [0.1, 0.15) is 18.4 Å². The molecule has 1 aromatic rings. The third-order valence-electron chi connectivity index (χ3n) is 3.36. The van der Waals surface area contributed by atoms with Gasteiger partial charge in [-0.15, -0.1) is 0 Å². The van der Waals surface area contributed by atoms with Gasteiger partial charge in [0.1, 0.15) is 6.61 Å². The first kappa shape index (κ1) is 14.3. The number of ether oxygens (including phenoxy) is 1. The van der Waals surface area contributed by atoms with Crippen molar-refractivity contribution in [3.05, 3.63) is 35.9 Å². The summed E-state index contributed by atoms with van der Waals surface area (Å²) in [5.74, 6) is -1.32. The number of aliphatic carboxylic acids is 1. The van der Waals surface area contributed by atoms with Gasteiger partial charge in [-0.2, -0.15) is 0 Å². The van der Waals surface area contributed by atoms with E-state index in [0.29, 0.717) is 19.4 Å². The van der Waals surface area contributed by atoms with E-state index in [1.807, 2.05) is 30.3 Å². The Morgan fingerprint density at radius 3 is 2.70 bits per heavy atom. The fraction of sp³-hybridized carbons (Fsp3) is 0.429. The normalized spacial score (nSPS) is 19.6. The second-order valence-corrected chi connectivity index (χ2v) is 4.73. The topological polar surface area (TPSA) is 87.1 Å². The first-order valence-corrected chi connectivity index (χ1v) is 6.48. The summed E-state index contributed by atoms with van der Waals surface area (Å²) in [5, 5.41) is 18.4. The molecule has 0 spiro atoms. The van der Waals surface area contributed by atoms with Crippen molar-refractivity contribution in [2.75, 3.05) is 6.54 Å². The Balaban J connectivity index is 1.93. The molecular formula is C14H17NO5. The van der Waals surface area contributed by atoms with Crippen LogP contribution in [0.2, 0.25) is 0 Å². The van der Waals surface area contributed by atoms with Gasteiger partial charge in [-0.3, -0.25) is 0 Å². The van der Waals surface area contributed by atoms with E-state index in [1.54, 1.807) is 0 Å². The first-order valence-electron chi connectivity index (χ1n) is 6.48. The quantitative estimate of drug-likeness (QED) is 0.865. The number of amides is 1. The Bertz CT molecular complexity index is 476. The lowest BCUT2D eigenvalue weighted by atomic mass is 10.1. The van der Waals surface area contributed by atoms with Gasteiger partial charge in [0.05, 0.1) is 6.04 Å². The summed E-state index contributed by atoms with van der Waals surface area (Å²) in [6.07, 6.45) is -1.03. The maximum absolute atomic E-state index is 12.0. The molecular weight excluding hydrogens is 262 g/mol. The number of hydrogen-bond donors (Lipinski definition) is 2. The van der Waals surface area contributed by atoms with Gasteiger partial charge in [-0.1, -0.05) is 30.3 Å². The Hall–Kier alpha value is -2.08. The number of likely N-dealkylation sites (tertiary alicyclic amines) is 1. The molecule has 1 aliphatic rings. The van der Waals surface area contributed by atoms with E-state index < -0.39 is 24.2 Å². The SMILES string of the molecule is O=C(O)C(O)[C@@H]1CCCN1C(=O)OCc1ccccc1. The number of carbonyl (C=O) groups excluding carboxylic acids is 1. The molecule has 0 radical (unpaired) electrons. The second kappa shape index (κ2) is 6.38. The van der Waals surface area contributed by atoms with Crippen LogP contribution in [-0.4, -0.2) is 45.9 Å². The summed E-state index contributed by atoms with van der Waals surface area (Å²) in [6.45, 7) is 0.536. The predicted molar refractivity (Wildman–Crippen MR) is 70.0 cm³/mol. The van der Waals surface area contributed by atoms with Crippen molar-refractivity contribution >= 4 is 12.1 Å². The smallest absolute Gasteiger partial charge is 0.410 e. The first-order chi connectivity index (χ1) is 9.59. The molecule has 2 rings (SSSR count). The molecule has 0 saturated carbocycles. The van der Waals surface area contributed by atoms with E-state index in [4.69, 9.17) is 9.84 Å². The molecule has 0 aromatic heterocycles. The molecule has 1 amide bonds. The Kier molecular flexibility index (Phi) is 4.57. The lowest BCUT2D eigenvalue weighted by Gasteiger charge is -2.25. The van der Waals surface area contributed by atoms with Crippen LogP contribution in [0.15, 0.2) is 30.3 Å². The van der Waals surface area contributed by atoms with Gasteiger partial charge in [-0.25, -0.2) is 9.59 Å². The fourth-order valence-electron chi connectivity index (χ4n) is 2.31. The van der Waals surface area contributed by atoms with Crippen LogP contribution in [-0.2, 0) is 16.1 Å².